The number of rotatable bonds is 1. The Morgan fingerprint density at radius 2 is 2.38 bits per heavy atom. The molecule has 0 aromatic heterocycles. The Kier molecular flexibility index (Phi) is 2.88. The van der Waals surface area contributed by atoms with Crippen LogP contribution in [0.5, 0.6) is 0 Å². The molecule has 1 amide bonds. The van der Waals surface area contributed by atoms with Gasteiger partial charge in [-0.1, -0.05) is 0 Å². The van der Waals surface area contributed by atoms with Gasteiger partial charge in [0.15, 0.2) is 5.96 Å². The number of amides is 1. The van der Waals surface area contributed by atoms with Crippen LogP contribution in [0.4, 0.5) is 0 Å². The van der Waals surface area contributed by atoms with Crippen LogP contribution >= 0.6 is 0 Å². The van der Waals surface area contributed by atoms with Crippen LogP contribution in [0, 0.1) is 0 Å². The van der Waals surface area contributed by atoms with Gasteiger partial charge in [0.1, 0.15) is 5.54 Å². The van der Waals surface area contributed by atoms with E-state index < -0.39 is 5.54 Å². The highest BCUT2D eigenvalue weighted by Gasteiger charge is 2.48. The normalized spacial score (nSPS) is 37.8. The standard InChI is InChI=1S/C11H20N4O/c1-4-12-10-13-9(16)11(14-10)5-6-15(3)8(2)7-11/h8H,4-7H2,1-3H3,(H2,12,13,14,16). The molecule has 2 heterocycles. The average molecular weight is 224 g/mol. The third-order valence-corrected chi connectivity index (χ3v) is 3.63. The van der Waals surface area contributed by atoms with Crippen LogP contribution in [-0.2, 0) is 4.79 Å². The van der Waals surface area contributed by atoms with Crippen LogP contribution in [0.15, 0.2) is 4.99 Å². The number of aliphatic imine (C=N–C) groups is 1. The SMILES string of the molecule is CCN=C1NC(=O)C2(CCN(C)C(C)C2)N1. The van der Waals surface area contributed by atoms with Gasteiger partial charge in [-0.15, -0.1) is 0 Å². The van der Waals surface area contributed by atoms with Crippen molar-refractivity contribution >= 4 is 11.9 Å². The topological polar surface area (TPSA) is 56.7 Å². The molecule has 2 fully saturated rings. The third-order valence-electron chi connectivity index (χ3n) is 3.63. The zero-order valence-corrected chi connectivity index (χ0v) is 10.2. The third kappa shape index (κ3) is 1.80. The summed E-state index contributed by atoms with van der Waals surface area (Å²) in [5.41, 5.74) is -0.417. The van der Waals surface area contributed by atoms with Crippen LogP contribution in [0.3, 0.4) is 0 Å². The largest absolute Gasteiger partial charge is 0.342 e. The van der Waals surface area contributed by atoms with E-state index in [0.717, 1.165) is 19.4 Å². The number of hydrogen-bond donors (Lipinski definition) is 2. The number of carbonyl (C=O) groups excluding carboxylic acids is 1. The smallest absolute Gasteiger partial charge is 0.252 e. The molecule has 2 saturated heterocycles. The number of likely N-dealkylation sites (tertiary alicyclic amines) is 1. The van der Waals surface area contributed by atoms with E-state index in [1.54, 1.807) is 0 Å². The lowest BCUT2D eigenvalue weighted by Gasteiger charge is -2.40. The molecule has 5 heteroatoms. The maximum Gasteiger partial charge on any atom is 0.252 e. The average Bonchev–Trinajstić information content (AvgIpc) is 2.51. The van der Waals surface area contributed by atoms with Crippen LogP contribution in [0.2, 0.25) is 0 Å². The summed E-state index contributed by atoms with van der Waals surface area (Å²) in [7, 11) is 2.10. The van der Waals surface area contributed by atoms with E-state index in [1.807, 2.05) is 6.92 Å². The van der Waals surface area contributed by atoms with Crippen LogP contribution in [-0.4, -0.2) is 48.5 Å². The van der Waals surface area contributed by atoms with E-state index in [-0.39, 0.29) is 5.91 Å². The predicted molar refractivity (Wildman–Crippen MR) is 63.3 cm³/mol. The molecule has 5 nitrogen and oxygen atoms in total. The molecule has 0 aliphatic carbocycles. The molecule has 2 atom stereocenters. The van der Waals surface area contributed by atoms with Gasteiger partial charge in [0, 0.05) is 19.1 Å². The second-order valence-corrected chi connectivity index (χ2v) is 4.77. The van der Waals surface area contributed by atoms with E-state index in [2.05, 4.69) is 34.5 Å². The molecular formula is C11H20N4O. The highest BCUT2D eigenvalue weighted by atomic mass is 16.2. The Morgan fingerprint density at radius 1 is 1.62 bits per heavy atom. The van der Waals surface area contributed by atoms with Crippen LogP contribution in [0.25, 0.3) is 0 Å². The van der Waals surface area contributed by atoms with E-state index in [9.17, 15) is 4.79 Å². The Bertz CT molecular complexity index is 328. The molecule has 2 rings (SSSR count). The summed E-state index contributed by atoms with van der Waals surface area (Å²) < 4.78 is 0. The number of piperidine rings is 1. The van der Waals surface area contributed by atoms with Crippen molar-refractivity contribution in [2.45, 2.75) is 38.3 Å². The molecule has 2 aliphatic rings. The van der Waals surface area contributed by atoms with Crippen molar-refractivity contribution in [2.24, 2.45) is 4.99 Å². The first-order valence-corrected chi connectivity index (χ1v) is 5.92. The van der Waals surface area contributed by atoms with Crippen molar-refractivity contribution in [1.82, 2.24) is 15.5 Å². The number of nitrogens with zero attached hydrogens (tertiary/aromatic N) is 2. The molecule has 0 aromatic rings. The van der Waals surface area contributed by atoms with Crippen molar-refractivity contribution in [3.63, 3.8) is 0 Å². The molecule has 2 aliphatic heterocycles. The van der Waals surface area contributed by atoms with E-state index in [0.29, 0.717) is 18.5 Å². The lowest BCUT2D eigenvalue weighted by Crippen LogP contribution is -2.57. The van der Waals surface area contributed by atoms with Crippen molar-refractivity contribution in [1.29, 1.82) is 0 Å². The Hall–Kier alpha value is -1.10. The Balaban J connectivity index is 2.14. The highest BCUT2D eigenvalue weighted by Crippen LogP contribution is 2.28. The van der Waals surface area contributed by atoms with Crippen molar-refractivity contribution in [2.75, 3.05) is 20.1 Å². The first kappa shape index (κ1) is 11.4. The Morgan fingerprint density at radius 3 is 3.00 bits per heavy atom. The predicted octanol–water partition coefficient (Wildman–Crippen LogP) is -0.0654. The van der Waals surface area contributed by atoms with Gasteiger partial charge in [-0.3, -0.25) is 15.1 Å². The number of hydrogen-bond acceptors (Lipinski definition) is 3. The molecule has 0 aromatic carbocycles. The second kappa shape index (κ2) is 4.05. The fraction of sp³-hybridized carbons (Fsp3) is 0.818. The van der Waals surface area contributed by atoms with Crippen molar-refractivity contribution in [3.05, 3.63) is 0 Å². The Labute approximate surface area is 96.3 Å². The van der Waals surface area contributed by atoms with Gasteiger partial charge in [-0.05, 0) is 33.7 Å². The summed E-state index contributed by atoms with van der Waals surface area (Å²) in [6.45, 7) is 5.75. The number of carbonyl (C=O) groups is 1. The van der Waals surface area contributed by atoms with Gasteiger partial charge in [-0.25, -0.2) is 0 Å². The molecule has 0 radical (unpaired) electrons. The molecule has 90 valence electrons. The zero-order valence-electron chi connectivity index (χ0n) is 10.2. The van der Waals surface area contributed by atoms with Gasteiger partial charge in [0.25, 0.3) is 5.91 Å². The van der Waals surface area contributed by atoms with Crippen LogP contribution in [0.1, 0.15) is 26.7 Å². The van der Waals surface area contributed by atoms with Gasteiger partial charge in [-0.2, -0.15) is 0 Å². The monoisotopic (exact) mass is 224 g/mol. The molecular weight excluding hydrogens is 204 g/mol. The van der Waals surface area contributed by atoms with Gasteiger partial charge in [0.2, 0.25) is 0 Å². The summed E-state index contributed by atoms with van der Waals surface area (Å²) in [6.07, 6.45) is 1.69. The molecule has 2 unspecified atom stereocenters. The zero-order chi connectivity index (χ0) is 11.8. The van der Waals surface area contributed by atoms with E-state index in [1.165, 1.54) is 0 Å². The molecule has 0 saturated carbocycles. The molecule has 0 bridgehead atoms. The molecule has 1 spiro atoms. The van der Waals surface area contributed by atoms with Crippen molar-refractivity contribution < 1.29 is 4.79 Å². The van der Waals surface area contributed by atoms with Gasteiger partial charge in [0.05, 0.1) is 0 Å². The number of guanidine groups is 1. The van der Waals surface area contributed by atoms with Crippen LogP contribution < -0.4 is 10.6 Å². The van der Waals surface area contributed by atoms with Gasteiger partial charge < -0.3 is 10.2 Å². The van der Waals surface area contributed by atoms with E-state index in [4.69, 9.17) is 0 Å². The van der Waals surface area contributed by atoms with E-state index >= 15 is 0 Å². The quantitative estimate of drug-likeness (QED) is 0.656. The first-order chi connectivity index (χ1) is 7.57. The number of nitrogens with one attached hydrogen (secondary N) is 2. The lowest BCUT2D eigenvalue weighted by atomic mass is 9.84. The fourth-order valence-electron chi connectivity index (χ4n) is 2.45. The maximum absolute atomic E-state index is 12.0. The minimum absolute atomic E-state index is 0.0830. The summed E-state index contributed by atoms with van der Waals surface area (Å²) >= 11 is 0. The fourth-order valence-corrected chi connectivity index (χ4v) is 2.45. The molecule has 2 N–H and O–H groups in total. The minimum Gasteiger partial charge on any atom is -0.342 e. The maximum atomic E-state index is 12.0. The summed E-state index contributed by atoms with van der Waals surface area (Å²) in [5.74, 6) is 0.726. The highest BCUT2D eigenvalue weighted by molar-refractivity contribution is 6.09. The minimum atomic E-state index is -0.417. The van der Waals surface area contributed by atoms with Crippen molar-refractivity contribution in [3.8, 4) is 0 Å². The lowest BCUT2D eigenvalue weighted by molar-refractivity contribution is -0.126. The van der Waals surface area contributed by atoms with Gasteiger partial charge >= 0.3 is 0 Å². The summed E-state index contributed by atoms with van der Waals surface area (Å²) in [5, 5.41) is 6.10. The molecule has 16 heavy (non-hydrogen) atoms. The summed E-state index contributed by atoms with van der Waals surface area (Å²) in [6, 6.07) is 0.424. The second-order valence-electron chi connectivity index (χ2n) is 4.77. The summed E-state index contributed by atoms with van der Waals surface area (Å²) in [4.78, 5) is 18.5. The first-order valence-electron chi connectivity index (χ1n) is 5.92.